The molecular formula is C26H29FN2O. The number of nitrogens with zero attached hydrogens (tertiary/aromatic N) is 2. The molecule has 0 radical (unpaired) electrons. The van der Waals surface area contributed by atoms with E-state index in [2.05, 4.69) is 11.1 Å². The van der Waals surface area contributed by atoms with Crippen LogP contribution in [0, 0.1) is 17.1 Å². The molecular weight excluding hydrogens is 375 g/mol. The minimum Gasteiger partial charge on any atom is -0.454 e. The molecule has 0 spiro atoms. The van der Waals surface area contributed by atoms with E-state index in [9.17, 15) is 4.39 Å². The van der Waals surface area contributed by atoms with Gasteiger partial charge >= 0.3 is 0 Å². The maximum absolute atomic E-state index is 14.0. The predicted octanol–water partition coefficient (Wildman–Crippen LogP) is 8.25. The van der Waals surface area contributed by atoms with Crippen LogP contribution in [0.2, 0.25) is 0 Å². The molecule has 2 heterocycles. The maximum Gasteiger partial charge on any atom is 0.161 e. The molecule has 0 unspecified atom stereocenters. The number of hydrogen-bond acceptors (Lipinski definition) is 3. The highest BCUT2D eigenvalue weighted by Crippen LogP contribution is 2.34. The Morgan fingerprint density at radius 3 is 2.20 bits per heavy atom. The summed E-state index contributed by atoms with van der Waals surface area (Å²) in [4.78, 5) is 4.30. The topological polar surface area (TPSA) is 49.8 Å². The summed E-state index contributed by atoms with van der Waals surface area (Å²) in [5.41, 5.74) is 3.86. The van der Waals surface area contributed by atoms with Crippen LogP contribution in [0.25, 0.3) is 33.6 Å². The molecule has 30 heavy (non-hydrogen) atoms. The van der Waals surface area contributed by atoms with Gasteiger partial charge in [-0.1, -0.05) is 65.8 Å². The van der Waals surface area contributed by atoms with Crippen molar-refractivity contribution in [1.82, 2.24) is 4.98 Å². The Labute approximate surface area is 178 Å². The first kappa shape index (κ1) is 24.6. The molecule has 0 atom stereocenters. The number of nitriles is 1. The van der Waals surface area contributed by atoms with Crippen LogP contribution in [-0.4, -0.2) is 4.98 Å². The lowest BCUT2D eigenvalue weighted by atomic mass is 10.0. The number of halogens is 1. The van der Waals surface area contributed by atoms with E-state index in [1.54, 1.807) is 42.6 Å². The van der Waals surface area contributed by atoms with Gasteiger partial charge in [0.15, 0.2) is 5.58 Å². The van der Waals surface area contributed by atoms with Gasteiger partial charge in [0.1, 0.15) is 17.1 Å². The number of furan rings is 1. The predicted molar refractivity (Wildman–Crippen MR) is 124 cm³/mol. The maximum atomic E-state index is 14.0. The number of benzene rings is 2. The summed E-state index contributed by atoms with van der Waals surface area (Å²) < 4.78 is 19.9. The van der Waals surface area contributed by atoms with Crippen molar-refractivity contribution in [2.24, 2.45) is 0 Å². The summed E-state index contributed by atoms with van der Waals surface area (Å²) in [6, 6.07) is 19.4. The third-order valence-corrected chi connectivity index (χ3v) is 3.85. The molecule has 0 aliphatic rings. The summed E-state index contributed by atoms with van der Waals surface area (Å²) in [5.74, 6) is 0.0871. The third-order valence-electron chi connectivity index (χ3n) is 3.85. The standard InChI is InChI=1S/C20H11FN2O.3C2H6/c21-17-7-2-1-6-16(17)19-11-18-20(24-19)15(8-9-23-18)14-5-3-4-13(10-14)12-22;3*1-2/h1-11H;3*1-2H3. The second-order valence-electron chi connectivity index (χ2n) is 5.36. The van der Waals surface area contributed by atoms with Crippen molar-refractivity contribution in [3.05, 3.63) is 78.2 Å². The fourth-order valence-electron chi connectivity index (χ4n) is 2.72. The van der Waals surface area contributed by atoms with Gasteiger partial charge in [-0.25, -0.2) is 4.39 Å². The van der Waals surface area contributed by atoms with Gasteiger partial charge in [-0.3, -0.25) is 4.98 Å². The van der Waals surface area contributed by atoms with Crippen LogP contribution in [0.4, 0.5) is 4.39 Å². The van der Waals surface area contributed by atoms with Gasteiger partial charge in [0.05, 0.1) is 17.2 Å². The lowest BCUT2D eigenvalue weighted by Gasteiger charge is -2.03. The van der Waals surface area contributed by atoms with Crippen molar-refractivity contribution >= 4 is 11.1 Å². The molecule has 2 aromatic heterocycles. The monoisotopic (exact) mass is 404 g/mol. The minimum absolute atomic E-state index is 0.343. The highest BCUT2D eigenvalue weighted by Gasteiger charge is 2.14. The van der Waals surface area contributed by atoms with Gasteiger partial charge in [0, 0.05) is 17.8 Å². The molecule has 0 aliphatic carbocycles. The number of hydrogen-bond donors (Lipinski definition) is 0. The van der Waals surface area contributed by atoms with Crippen LogP contribution >= 0.6 is 0 Å². The summed E-state index contributed by atoms with van der Waals surface area (Å²) in [6.07, 6.45) is 1.68. The minimum atomic E-state index is -0.343. The lowest BCUT2D eigenvalue weighted by Crippen LogP contribution is -1.82. The number of fused-ring (bicyclic) bond motifs is 1. The number of pyridine rings is 1. The Balaban J connectivity index is 0.000000691. The van der Waals surface area contributed by atoms with Gasteiger partial charge in [-0.05, 0) is 35.9 Å². The van der Waals surface area contributed by atoms with E-state index in [0.717, 1.165) is 11.1 Å². The zero-order chi connectivity index (χ0) is 22.5. The molecule has 0 saturated carbocycles. The molecule has 4 rings (SSSR count). The van der Waals surface area contributed by atoms with Crippen LogP contribution in [0.3, 0.4) is 0 Å². The van der Waals surface area contributed by atoms with Gasteiger partial charge < -0.3 is 4.42 Å². The van der Waals surface area contributed by atoms with Gasteiger partial charge in [0.25, 0.3) is 0 Å². The molecule has 0 aliphatic heterocycles. The van der Waals surface area contributed by atoms with Crippen molar-refractivity contribution in [3.8, 4) is 28.5 Å². The van der Waals surface area contributed by atoms with E-state index in [1.165, 1.54) is 6.07 Å². The van der Waals surface area contributed by atoms with Crippen molar-refractivity contribution in [3.63, 3.8) is 0 Å². The molecule has 4 heteroatoms. The van der Waals surface area contributed by atoms with Crippen LogP contribution in [0.5, 0.6) is 0 Å². The first-order valence-electron chi connectivity index (χ1n) is 10.4. The highest BCUT2D eigenvalue weighted by molar-refractivity contribution is 5.92. The molecule has 0 bridgehead atoms. The quantitative estimate of drug-likeness (QED) is 0.338. The average molecular weight is 405 g/mol. The Bertz CT molecular complexity index is 1090. The summed E-state index contributed by atoms with van der Waals surface area (Å²) >= 11 is 0. The van der Waals surface area contributed by atoms with Crippen LogP contribution < -0.4 is 0 Å². The molecule has 3 nitrogen and oxygen atoms in total. The van der Waals surface area contributed by atoms with E-state index in [1.807, 2.05) is 59.7 Å². The highest BCUT2D eigenvalue weighted by atomic mass is 19.1. The molecule has 2 aromatic carbocycles. The zero-order valence-electron chi connectivity index (χ0n) is 18.5. The van der Waals surface area contributed by atoms with Crippen LogP contribution in [-0.2, 0) is 0 Å². The van der Waals surface area contributed by atoms with E-state index in [4.69, 9.17) is 9.68 Å². The van der Waals surface area contributed by atoms with Crippen LogP contribution in [0.1, 0.15) is 47.1 Å². The lowest BCUT2D eigenvalue weighted by molar-refractivity contribution is 0.602. The molecule has 0 N–H and O–H groups in total. The molecule has 4 aromatic rings. The van der Waals surface area contributed by atoms with E-state index in [-0.39, 0.29) is 5.82 Å². The fourth-order valence-corrected chi connectivity index (χ4v) is 2.72. The van der Waals surface area contributed by atoms with Crippen molar-refractivity contribution in [2.45, 2.75) is 41.5 Å². The first-order chi connectivity index (χ1) is 14.8. The molecule has 156 valence electrons. The first-order valence-corrected chi connectivity index (χ1v) is 10.4. The molecule has 0 saturated heterocycles. The van der Waals surface area contributed by atoms with E-state index < -0.39 is 0 Å². The number of aromatic nitrogens is 1. The average Bonchev–Trinajstić information content (AvgIpc) is 3.27. The van der Waals surface area contributed by atoms with Gasteiger partial charge in [0.2, 0.25) is 0 Å². The van der Waals surface area contributed by atoms with Crippen LogP contribution in [0.15, 0.2) is 71.3 Å². The van der Waals surface area contributed by atoms with E-state index in [0.29, 0.717) is 28.0 Å². The Morgan fingerprint density at radius 2 is 1.53 bits per heavy atom. The summed E-state index contributed by atoms with van der Waals surface area (Å²) in [7, 11) is 0. The second kappa shape index (κ2) is 12.9. The van der Waals surface area contributed by atoms with Crippen molar-refractivity contribution < 1.29 is 8.81 Å². The van der Waals surface area contributed by atoms with Gasteiger partial charge in [-0.2, -0.15) is 5.26 Å². The van der Waals surface area contributed by atoms with Crippen molar-refractivity contribution in [2.75, 3.05) is 0 Å². The second-order valence-corrected chi connectivity index (χ2v) is 5.36. The van der Waals surface area contributed by atoms with E-state index >= 15 is 0 Å². The Kier molecular flexibility index (Phi) is 10.6. The smallest absolute Gasteiger partial charge is 0.161 e. The SMILES string of the molecule is CC.CC.CC.N#Cc1cccc(-c2ccnc3cc(-c4ccccc4F)oc23)c1. The zero-order valence-corrected chi connectivity index (χ0v) is 18.5. The summed E-state index contributed by atoms with van der Waals surface area (Å²) in [5, 5.41) is 9.08. The third kappa shape index (κ3) is 5.55. The largest absolute Gasteiger partial charge is 0.454 e. The number of rotatable bonds is 2. The normalized spacial score (nSPS) is 9.13. The fraction of sp³-hybridized carbons (Fsp3) is 0.231. The van der Waals surface area contributed by atoms with Gasteiger partial charge in [-0.15, -0.1) is 0 Å². The Morgan fingerprint density at radius 1 is 0.833 bits per heavy atom. The molecule has 0 fully saturated rings. The van der Waals surface area contributed by atoms with Crippen molar-refractivity contribution in [1.29, 1.82) is 5.26 Å². The molecule has 0 amide bonds. The Hall–Kier alpha value is -3.45. The summed E-state index contributed by atoms with van der Waals surface area (Å²) in [6.45, 7) is 12.0.